The van der Waals surface area contributed by atoms with Crippen molar-refractivity contribution in [1.82, 2.24) is 35.1 Å². The van der Waals surface area contributed by atoms with Gasteiger partial charge in [0.05, 0.1) is 21.5 Å². The van der Waals surface area contributed by atoms with Crippen molar-refractivity contribution >= 4 is 45.0 Å². The second kappa shape index (κ2) is 10.1. The number of aromatic nitrogens is 7. The largest absolute Gasteiger partial charge is 0.384 e. The van der Waals surface area contributed by atoms with Gasteiger partial charge in [0.15, 0.2) is 22.9 Å². The lowest BCUT2D eigenvalue weighted by Crippen LogP contribution is -2.01. The number of Topliss-reactive ketones (excluding diaryl/α,β-unsaturated/α-hetero) is 1. The highest BCUT2D eigenvalue weighted by molar-refractivity contribution is 7.17. The summed E-state index contributed by atoms with van der Waals surface area (Å²) in [6.07, 6.45) is 10.8. The Kier molecular flexibility index (Phi) is 6.38. The van der Waals surface area contributed by atoms with Crippen LogP contribution < -0.4 is 5.32 Å². The second-order valence-corrected chi connectivity index (χ2v) is 10.2. The minimum Gasteiger partial charge on any atom is -0.384 e. The summed E-state index contributed by atoms with van der Waals surface area (Å²) in [5.41, 5.74) is 6.58. The fourth-order valence-electron chi connectivity index (χ4n) is 4.45. The Morgan fingerprint density at radius 1 is 1.03 bits per heavy atom. The minimum atomic E-state index is 0.0529. The van der Waals surface area contributed by atoms with Gasteiger partial charge in [0.25, 0.3) is 0 Å². The van der Waals surface area contributed by atoms with E-state index in [0.29, 0.717) is 17.1 Å². The van der Waals surface area contributed by atoms with Crippen LogP contribution in [0.5, 0.6) is 0 Å². The van der Waals surface area contributed by atoms with Crippen LogP contribution in [0.15, 0.2) is 55.1 Å². The van der Waals surface area contributed by atoms with E-state index < -0.39 is 0 Å². The molecule has 0 saturated carbocycles. The van der Waals surface area contributed by atoms with Gasteiger partial charge in [-0.05, 0) is 43.7 Å². The van der Waals surface area contributed by atoms with E-state index in [4.69, 9.17) is 4.98 Å². The van der Waals surface area contributed by atoms with Gasteiger partial charge in [-0.2, -0.15) is 5.10 Å². The summed E-state index contributed by atoms with van der Waals surface area (Å²) in [7, 11) is 0. The molecule has 9 nitrogen and oxygen atoms in total. The minimum absolute atomic E-state index is 0.0529. The number of H-pyrrole nitrogens is 2. The first-order valence-corrected chi connectivity index (χ1v) is 13.4. The number of hydrogen-bond donors (Lipinski definition) is 3. The Morgan fingerprint density at radius 3 is 2.76 bits per heavy atom. The summed E-state index contributed by atoms with van der Waals surface area (Å²) in [5.74, 6) is 0.673. The number of ketones is 1. The normalized spacial score (nSPS) is 11.4. The zero-order valence-electron chi connectivity index (χ0n) is 21.1. The highest BCUT2D eigenvalue weighted by Crippen LogP contribution is 2.35. The van der Waals surface area contributed by atoms with E-state index in [2.05, 4.69) is 54.5 Å². The molecule has 6 aromatic heterocycles. The number of thiophene rings is 1. The lowest BCUT2D eigenvalue weighted by atomic mass is 10.1. The lowest BCUT2D eigenvalue weighted by Gasteiger charge is -2.08. The van der Waals surface area contributed by atoms with Gasteiger partial charge in [0.1, 0.15) is 5.69 Å². The summed E-state index contributed by atoms with van der Waals surface area (Å²) in [6, 6.07) is 9.89. The zero-order valence-corrected chi connectivity index (χ0v) is 21.9. The SMILES string of the molecule is CCCCCNc1cncc(-c2cnc3n[nH]c(-c4nc5nccc(-c6ccc(C(C)=O)s6)c5[nH]4)c3c2)c1. The highest BCUT2D eigenvalue weighted by Gasteiger charge is 2.17. The number of imidazole rings is 1. The number of carbonyl (C=O) groups excluding carboxylic acids is 1. The van der Waals surface area contributed by atoms with E-state index in [0.717, 1.165) is 61.7 Å². The number of anilines is 1. The molecule has 0 unspecified atom stereocenters. The molecule has 0 aliphatic carbocycles. The molecule has 3 N–H and O–H groups in total. The van der Waals surface area contributed by atoms with Crippen LogP contribution in [-0.4, -0.2) is 47.4 Å². The van der Waals surface area contributed by atoms with Crippen LogP contribution in [0, 0.1) is 0 Å². The van der Waals surface area contributed by atoms with E-state index in [-0.39, 0.29) is 5.78 Å². The number of aromatic amines is 2. The van der Waals surface area contributed by atoms with Crippen molar-refractivity contribution in [2.75, 3.05) is 11.9 Å². The molecular formula is C28H26N8OS. The first kappa shape index (κ1) is 23.9. The number of nitrogens with zero attached hydrogens (tertiary/aromatic N) is 5. The van der Waals surface area contributed by atoms with E-state index >= 15 is 0 Å². The molecule has 0 aliphatic rings. The standard InChI is InChI=1S/C28H26N8OS/c1-3-4-5-9-30-19-11-17(13-29-15-19)18-12-21-25(35-36-26(21)32-14-18)28-33-24-20(8-10-31-27(24)34-28)23-7-6-22(38-23)16(2)37/h6-8,10-15,30H,3-5,9H2,1-2H3,(H,31,33,34)(H,32,35,36). The Hall–Kier alpha value is -4.44. The number of carbonyl (C=O) groups is 1. The van der Waals surface area contributed by atoms with Crippen LogP contribution in [0.3, 0.4) is 0 Å². The number of unbranched alkanes of at least 4 members (excludes halogenated alkanes) is 2. The Balaban J connectivity index is 1.36. The van der Waals surface area contributed by atoms with Gasteiger partial charge >= 0.3 is 0 Å². The van der Waals surface area contributed by atoms with Crippen molar-refractivity contribution in [1.29, 1.82) is 0 Å². The van der Waals surface area contributed by atoms with Crippen LogP contribution in [0.4, 0.5) is 5.69 Å². The Morgan fingerprint density at radius 2 is 1.92 bits per heavy atom. The third-order valence-corrected chi connectivity index (χ3v) is 7.66. The first-order valence-electron chi connectivity index (χ1n) is 12.6. The van der Waals surface area contributed by atoms with Crippen molar-refractivity contribution in [3.63, 3.8) is 0 Å². The average Bonchev–Trinajstić information content (AvgIpc) is 3.68. The summed E-state index contributed by atoms with van der Waals surface area (Å²) in [6.45, 7) is 4.70. The summed E-state index contributed by atoms with van der Waals surface area (Å²) in [5, 5.41) is 11.8. The van der Waals surface area contributed by atoms with Crippen LogP contribution in [0.25, 0.3) is 55.3 Å². The van der Waals surface area contributed by atoms with Crippen LogP contribution in [0.2, 0.25) is 0 Å². The highest BCUT2D eigenvalue weighted by atomic mass is 32.1. The van der Waals surface area contributed by atoms with E-state index in [1.165, 1.54) is 24.2 Å². The van der Waals surface area contributed by atoms with Gasteiger partial charge in [-0.25, -0.2) is 15.0 Å². The van der Waals surface area contributed by atoms with Gasteiger partial charge in [-0.15, -0.1) is 11.3 Å². The quantitative estimate of drug-likeness (QED) is 0.146. The molecule has 0 amide bonds. The predicted molar refractivity (Wildman–Crippen MR) is 151 cm³/mol. The maximum Gasteiger partial charge on any atom is 0.181 e. The van der Waals surface area contributed by atoms with Gasteiger partial charge in [0, 0.05) is 52.9 Å². The third kappa shape index (κ3) is 4.54. The van der Waals surface area contributed by atoms with Crippen molar-refractivity contribution in [3.8, 4) is 33.1 Å². The molecule has 0 aromatic carbocycles. The zero-order chi connectivity index (χ0) is 26.1. The second-order valence-electron chi connectivity index (χ2n) is 9.15. The molecule has 0 saturated heterocycles. The van der Waals surface area contributed by atoms with Crippen molar-refractivity contribution in [3.05, 3.63) is 60.0 Å². The Bertz CT molecular complexity index is 1770. The number of rotatable bonds is 9. The maximum atomic E-state index is 11.8. The van der Waals surface area contributed by atoms with Gasteiger partial charge in [-0.1, -0.05) is 19.8 Å². The summed E-state index contributed by atoms with van der Waals surface area (Å²) < 4.78 is 0. The molecule has 6 aromatic rings. The molecule has 190 valence electrons. The fraction of sp³-hybridized carbons (Fsp3) is 0.214. The molecule has 0 radical (unpaired) electrons. The monoisotopic (exact) mass is 522 g/mol. The molecule has 0 fully saturated rings. The lowest BCUT2D eigenvalue weighted by molar-refractivity contribution is 0.102. The van der Waals surface area contributed by atoms with Crippen molar-refractivity contribution in [2.45, 2.75) is 33.1 Å². The van der Waals surface area contributed by atoms with Crippen LogP contribution in [0.1, 0.15) is 42.8 Å². The van der Waals surface area contributed by atoms with E-state index in [1.54, 1.807) is 13.1 Å². The topological polar surface area (TPSA) is 125 Å². The van der Waals surface area contributed by atoms with Crippen LogP contribution in [-0.2, 0) is 0 Å². The first-order chi connectivity index (χ1) is 18.6. The Labute approximate surface area is 222 Å². The molecule has 0 atom stereocenters. The molecule has 0 spiro atoms. The molecule has 6 heterocycles. The molecule has 0 bridgehead atoms. The maximum absolute atomic E-state index is 11.8. The molecule has 38 heavy (non-hydrogen) atoms. The summed E-state index contributed by atoms with van der Waals surface area (Å²) in [4.78, 5) is 35.1. The molecule has 0 aliphatic heterocycles. The predicted octanol–water partition coefficient (Wildman–Crippen LogP) is 6.49. The number of hydrogen-bond acceptors (Lipinski definition) is 8. The van der Waals surface area contributed by atoms with Gasteiger partial charge < -0.3 is 10.3 Å². The summed E-state index contributed by atoms with van der Waals surface area (Å²) >= 11 is 1.46. The fourth-order valence-corrected chi connectivity index (χ4v) is 5.38. The van der Waals surface area contributed by atoms with Crippen molar-refractivity contribution in [2.24, 2.45) is 0 Å². The third-order valence-electron chi connectivity index (χ3n) is 6.44. The van der Waals surface area contributed by atoms with Gasteiger partial charge in [-0.3, -0.25) is 14.9 Å². The van der Waals surface area contributed by atoms with Crippen LogP contribution >= 0.6 is 11.3 Å². The molecule has 10 heteroatoms. The molecular weight excluding hydrogens is 496 g/mol. The van der Waals surface area contributed by atoms with E-state index in [1.807, 2.05) is 36.8 Å². The van der Waals surface area contributed by atoms with Crippen molar-refractivity contribution < 1.29 is 4.79 Å². The average molecular weight is 523 g/mol. The number of pyridine rings is 3. The smallest absolute Gasteiger partial charge is 0.181 e. The molecule has 6 rings (SSSR count). The number of fused-ring (bicyclic) bond motifs is 2. The van der Waals surface area contributed by atoms with Gasteiger partial charge in [0.2, 0.25) is 0 Å². The number of nitrogens with one attached hydrogen (secondary N) is 3. The van der Waals surface area contributed by atoms with E-state index in [9.17, 15) is 4.79 Å².